The van der Waals surface area contributed by atoms with E-state index in [9.17, 15) is 9.59 Å². The van der Waals surface area contributed by atoms with Gasteiger partial charge in [0.2, 0.25) is 0 Å². The molecule has 0 heterocycles. The zero-order valence-electron chi connectivity index (χ0n) is 13.8. The van der Waals surface area contributed by atoms with Crippen LogP contribution >= 0.6 is 25.5 Å². The maximum absolute atomic E-state index is 12.5. The molecule has 0 saturated heterocycles. The first kappa shape index (κ1) is 20.4. The van der Waals surface area contributed by atoms with Gasteiger partial charge in [-0.05, 0) is 0 Å². The number of hydrogen-bond acceptors (Lipinski definition) is 4. The first-order chi connectivity index (χ1) is 11.8. The fraction of sp³-hybridized carbons (Fsp3) is 0.222. The van der Waals surface area contributed by atoms with Crippen LogP contribution in [0.25, 0.3) is 0 Å². The Morgan fingerprint density at radius 3 is 1.36 bits per heavy atom. The van der Waals surface area contributed by atoms with Crippen LogP contribution in [-0.4, -0.2) is 39.6 Å². The summed E-state index contributed by atoms with van der Waals surface area (Å²) in [6.07, 6.45) is 0. The van der Waals surface area contributed by atoms with Crippen LogP contribution in [-0.2, 0) is 0 Å². The number of ether oxygens (including phenoxy) is 2. The van der Waals surface area contributed by atoms with E-state index in [-0.39, 0.29) is 11.6 Å². The number of carbonyl (C=O) groups is 2. The Hall–Kier alpha value is -0.870. The second-order valence-corrected chi connectivity index (χ2v) is 33.4. The summed E-state index contributed by atoms with van der Waals surface area (Å²) in [5, 5.41) is 0. The first-order valence-corrected chi connectivity index (χ1v) is 21.1. The monoisotopic (exact) mass is 586 g/mol. The SMILES string of the molecule is COc1ccc(C(=O)C[Te](Br)(Br)CC(=O)c2ccc(OC)cc2)cc1. The van der Waals surface area contributed by atoms with Crippen molar-refractivity contribution in [3.63, 3.8) is 0 Å². The normalized spacial score (nSPS) is 11.7. The number of ketones is 2. The third-order valence-corrected chi connectivity index (χ3v) is 13.6. The van der Waals surface area contributed by atoms with E-state index in [1.807, 2.05) is 0 Å². The Morgan fingerprint density at radius 1 is 0.760 bits per heavy atom. The van der Waals surface area contributed by atoms with Gasteiger partial charge in [-0.25, -0.2) is 0 Å². The number of Topliss-reactive ketones (excluding diaryl/α,β-unsaturated/α-hetero) is 2. The van der Waals surface area contributed by atoms with E-state index >= 15 is 0 Å². The molecule has 25 heavy (non-hydrogen) atoms. The van der Waals surface area contributed by atoms with Crippen LogP contribution in [0.4, 0.5) is 0 Å². The molecular formula is C18H18Br2O4Te. The van der Waals surface area contributed by atoms with Crippen LogP contribution in [0.1, 0.15) is 20.7 Å². The van der Waals surface area contributed by atoms with Gasteiger partial charge in [0.15, 0.2) is 0 Å². The molecule has 0 aliphatic rings. The minimum absolute atomic E-state index is 0.0140. The van der Waals surface area contributed by atoms with Gasteiger partial charge < -0.3 is 0 Å². The standard InChI is InChI=1S/C18H18Br2O4Te/c1-23-15-7-3-13(4-8-15)17(21)11-25(19,20)12-18(22)14-5-9-16(24-2)10-6-14/h3-10H,11-12H2,1-2H3. The number of hydrogen-bond donors (Lipinski definition) is 0. The minimum atomic E-state index is -2.96. The first-order valence-electron chi connectivity index (χ1n) is 7.37. The fourth-order valence-electron chi connectivity index (χ4n) is 2.16. The molecule has 2 rings (SSSR count). The quantitative estimate of drug-likeness (QED) is 0.323. The summed E-state index contributed by atoms with van der Waals surface area (Å²) in [6, 6.07) is 14.0. The summed E-state index contributed by atoms with van der Waals surface area (Å²) >= 11 is 4.34. The molecule has 4 nitrogen and oxygen atoms in total. The molecular weight excluding hydrogens is 568 g/mol. The van der Waals surface area contributed by atoms with Crippen molar-refractivity contribution in [3.8, 4) is 11.5 Å². The van der Waals surface area contributed by atoms with E-state index in [4.69, 9.17) is 9.47 Å². The Bertz CT molecular complexity index is 679. The third-order valence-electron chi connectivity index (χ3n) is 3.51. The van der Waals surface area contributed by atoms with Gasteiger partial charge in [0, 0.05) is 0 Å². The Balaban J connectivity index is 2.01. The Kier molecular flexibility index (Phi) is 7.50. The molecule has 0 aliphatic carbocycles. The molecule has 0 spiro atoms. The fourth-order valence-corrected chi connectivity index (χ4v) is 11.2. The van der Waals surface area contributed by atoms with Crippen molar-refractivity contribution < 1.29 is 19.1 Å². The van der Waals surface area contributed by atoms with Crippen LogP contribution in [0.15, 0.2) is 48.5 Å². The number of halogens is 2. The molecule has 0 aliphatic heterocycles. The average Bonchev–Trinajstić information content (AvgIpc) is 2.61. The van der Waals surface area contributed by atoms with E-state index in [1.165, 1.54) is 0 Å². The second kappa shape index (κ2) is 9.18. The van der Waals surface area contributed by atoms with Gasteiger partial charge in [-0.1, -0.05) is 0 Å². The summed E-state index contributed by atoms with van der Waals surface area (Å²) in [7, 11) is 3.16. The number of carbonyl (C=O) groups excluding carboxylic acids is 2. The van der Waals surface area contributed by atoms with Gasteiger partial charge in [-0.3, -0.25) is 0 Å². The molecule has 0 N–H and O–H groups in total. The summed E-state index contributed by atoms with van der Waals surface area (Å²) in [5.74, 6) is 1.44. The van der Waals surface area contributed by atoms with Gasteiger partial charge in [-0.15, -0.1) is 0 Å². The van der Waals surface area contributed by atoms with E-state index in [1.54, 1.807) is 62.8 Å². The van der Waals surface area contributed by atoms with Crippen LogP contribution in [0, 0.1) is 0 Å². The summed E-state index contributed by atoms with van der Waals surface area (Å²) in [4.78, 5) is 25.0. The van der Waals surface area contributed by atoms with Crippen molar-refractivity contribution in [1.82, 2.24) is 0 Å². The predicted octanol–water partition coefficient (Wildman–Crippen LogP) is 5.00. The van der Waals surface area contributed by atoms with Gasteiger partial charge in [0.25, 0.3) is 0 Å². The van der Waals surface area contributed by atoms with Crippen LogP contribution in [0.3, 0.4) is 0 Å². The van der Waals surface area contributed by atoms with E-state index in [0.717, 1.165) is 0 Å². The summed E-state index contributed by atoms with van der Waals surface area (Å²) in [6.45, 7) is 0. The van der Waals surface area contributed by atoms with Crippen molar-refractivity contribution in [2.45, 2.75) is 8.94 Å². The van der Waals surface area contributed by atoms with Gasteiger partial charge in [0.05, 0.1) is 0 Å². The predicted molar refractivity (Wildman–Crippen MR) is 108 cm³/mol. The van der Waals surface area contributed by atoms with Crippen LogP contribution in [0.2, 0.25) is 8.94 Å². The zero-order chi connectivity index (χ0) is 18.4. The van der Waals surface area contributed by atoms with E-state index in [2.05, 4.69) is 25.5 Å². The molecule has 0 saturated carbocycles. The molecule has 0 radical (unpaired) electrons. The van der Waals surface area contributed by atoms with Crippen molar-refractivity contribution >= 4 is 50.8 Å². The molecule has 0 amide bonds. The molecule has 0 atom stereocenters. The van der Waals surface area contributed by atoms with Gasteiger partial charge >= 0.3 is 164 Å². The molecule has 0 bridgehead atoms. The topological polar surface area (TPSA) is 52.6 Å². The number of methoxy groups -OCH3 is 2. The van der Waals surface area contributed by atoms with Crippen molar-refractivity contribution in [2.24, 2.45) is 0 Å². The van der Waals surface area contributed by atoms with E-state index < -0.39 is 13.8 Å². The van der Waals surface area contributed by atoms with Crippen molar-refractivity contribution in [3.05, 3.63) is 59.7 Å². The van der Waals surface area contributed by atoms with Crippen LogP contribution in [0.5, 0.6) is 11.5 Å². The molecule has 0 fully saturated rings. The van der Waals surface area contributed by atoms with Gasteiger partial charge in [0.1, 0.15) is 0 Å². The van der Waals surface area contributed by atoms with Crippen molar-refractivity contribution in [2.75, 3.05) is 14.2 Å². The molecule has 134 valence electrons. The zero-order valence-corrected chi connectivity index (χ0v) is 19.3. The third kappa shape index (κ3) is 6.10. The number of benzene rings is 2. The Morgan fingerprint density at radius 2 is 1.08 bits per heavy atom. The maximum atomic E-state index is 12.5. The molecule has 2 aromatic rings. The van der Waals surface area contributed by atoms with Gasteiger partial charge in [-0.2, -0.15) is 0 Å². The number of rotatable bonds is 8. The molecule has 0 unspecified atom stereocenters. The summed E-state index contributed by atoms with van der Waals surface area (Å²) < 4.78 is 10.9. The molecule has 0 aromatic heterocycles. The second-order valence-electron chi connectivity index (χ2n) is 5.29. The van der Waals surface area contributed by atoms with Crippen molar-refractivity contribution in [1.29, 1.82) is 0 Å². The van der Waals surface area contributed by atoms with E-state index in [0.29, 0.717) is 31.6 Å². The van der Waals surface area contributed by atoms with Crippen LogP contribution < -0.4 is 9.47 Å². The average molecular weight is 586 g/mol. The molecule has 2 aromatic carbocycles. The molecule has 7 heteroatoms. The summed E-state index contributed by atoms with van der Waals surface area (Å²) in [5.41, 5.74) is 1.24. The Labute approximate surface area is 163 Å².